The third-order valence-electron chi connectivity index (χ3n) is 13.3. The Bertz CT molecular complexity index is 1060. The van der Waals surface area contributed by atoms with E-state index in [0.717, 1.165) is 51.6 Å². The highest BCUT2D eigenvalue weighted by atomic mass is 16.5. The van der Waals surface area contributed by atoms with Crippen molar-refractivity contribution >= 4 is 11.6 Å². The van der Waals surface area contributed by atoms with Gasteiger partial charge >= 0.3 is 0 Å². The van der Waals surface area contributed by atoms with E-state index >= 15 is 0 Å². The molecular weight excluding hydrogens is 600 g/mol. The van der Waals surface area contributed by atoms with Crippen LogP contribution in [0.2, 0.25) is 0 Å². The maximum Gasteiger partial charge on any atom is 0.144 e. The maximum absolute atomic E-state index is 14.1. The molecule has 48 heavy (non-hydrogen) atoms. The molecule has 4 aliphatic carbocycles. The molecule has 272 valence electrons. The predicted octanol–water partition coefficient (Wildman–Crippen LogP) is 5.41. The van der Waals surface area contributed by atoms with E-state index in [1.54, 1.807) is 7.11 Å². The number of fused-ring (bicyclic) bond motifs is 2. The van der Waals surface area contributed by atoms with Gasteiger partial charge in [0.1, 0.15) is 17.7 Å². The van der Waals surface area contributed by atoms with Crippen LogP contribution in [0.1, 0.15) is 135 Å². The van der Waals surface area contributed by atoms with Crippen molar-refractivity contribution in [3.8, 4) is 11.8 Å². The summed E-state index contributed by atoms with van der Waals surface area (Å²) in [5.74, 6) is 11.0. The van der Waals surface area contributed by atoms with Gasteiger partial charge in [0.25, 0.3) is 0 Å². The molecule has 1 aliphatic heterocycles. The van der Waals surface area contributed by atoms with E-state index in [1.807, 2.05) is 0 Å². The molecule has 3 saturated carbocycles. The minimum atomic E-state index is -0.488. The SMILES string of the molecule is CCCC[C@@H]1C[C@H](CC2CC[NH2+]C(NCCCO)C2)C[C@@H]2C#C[C@H](C3CCCCC3)C3CC(O)C(OC)CC3CCC(=O)CC(=O)[C@@H]2C1. The Hall–Kier alpha value is -1.30. The van der Waals surface area contributed by atoms with Crippen LogP contribution in [0.3, 0.4) is 0 Å². The molecule has 7 heteroatoms. The van der Waals surface area contributed by atoms with Crippen LogP contribution in [-0.4, -0.2) is 67.0 Å². The number of nitrogens with one attached hydrogen (secondary N) is 1. The standard InChI is InChI=1S/C41H68N2O5/c1-3-4-9-28-20-30(21-29-16-18-43-41(24-29)42-17-8-19-44)22-32-13-15-35(31-10-6-5-7-11-31)36-27-39(47)40(48-2)25-33(36)12-14-34(45)26-38(46)37(32)23-28/h28-33,35-37,39-44,47H,3-12,14,16-27H2,1-2H3/p+1/t28-,29?,30-,32+,33?,35-,36?,37-,39?,40?,41?/m1/s1. The van der Waals surface area contributed by atoms with Crippen molar-refractivity contribution in [1.82, 2.24) is 5.32 Å². The number of aliphatic hydroxyl groups is 2. The topological polar surface area (TPSA) is 112 Å². The van der Waals surface area contributed by atoms with Gasteiger partial charge in [-0.2, -0.15) is 0 Å². The normalized spacial score (nSPS) is 38.8. The Labute approximate surface area is 291 Å². The first kappa shape index (κ1) is 37.9. The van der Waals surface area contributed by atoms with Gasteiger partial charge in [-0.1, -0.05) is 57.3 Å². The predicted molar refractivity (Wildman–Crippen MR) is 190 cm³/mol. The summed E-state index contributed by atoms with van der Waals surface area (Å²) >= 11 is 0. The van der Waals surface area contributed by atoms with Crippen LogP contribution in [0, 0.1) is 65.1 Å². The van der Waals surface area contributed by atoms with Crippen LogP contribution >= 0.6 is 0 Å². The molecule has 0 bridgehead atoms. The second-order valence-corrected chi connectivity index (χ2v) is 16.8. The van der Waals surface area contributed by atoms with Gasteiger partial charge in [0, 0.05) is 50.9 Å². The van der Waals surface area contributed by atoms with Gasteiger partial charge in [0.05, 0.1) is 25.2 Å². The first-order valence-corrected chi connectivity index (χ1v) is 20.3. The summed E-state index contributed by atoms with van der Waals surface area (Å²) < 4.78 is 5.74. The summed E-state index contributed by atoms with van der Waals surface area (Å²) in [7, 11) is 1.70. The lowest BCUT2D eigenvalue weighted by Crippen LogP contribution is -2.95. The van der Waals surface area contributed by atoms with Gasteiger partial charge in [0.2, 0.25) is 0 Å². The number of methoxy groups -OCH3 is 1. The summed E-state index contributed by atoms with van der Waals surface area (Å²) in [6.45, 7) is 4.50. The summed E-state index contributed by atoms with van der Waals surface area (Å²) in [5, 5.41) is 26.6. The number of ether oxygens (including phenoxy) is 1. The smallest absolute Gasteiger partial charge is 0.144 e. The zero-order valence-electron chi connectivity index (χ0n) is 30.4. The fourth-order valence-electron chi connectivity index (χ4n) is 10.8. The summed E-state index contributed by atoms with van der Waals surface area (Å²) in [6.07, 6.45) is 19.7. The number of ketones is 2. The first-order chi connectivity index (χ1) is 23.4. The van der Waals surface area contributed by atoms with Gasteiger partial charge in [0.15, 0.2) is 0 Å². The van der Waals surface area contributed by atoms with E-state index in [2.05, 4.69) is 29.4 Å². The number of carbonyl (C=O) groups excluding carboxylic acids is 2. The van der Waals surface area contributed by atoms with Crippen LogP contribution in [-0.2, 0) is 14.3 Å². The maximum atomic E-state index is 14.1. The van der Waals surface area contributed by atoms with Crippen LogP contribution in [0.25, 0.3) is 0 Å². The number of unbranched alkanes of at least 4 members (excludes halogenated alkanes) is 1. The van der Waals surface area contributed by atoms with Crippen molar-refractivity contribution in [2.24, 2.45) is 53.3 Å². The molecule has 5 rings (SSSR count). The van der Waals surface area contributed by atoms with E-state index in [4.69, 9.17) is 4.74 Å². The van der Waals surface area contributed by atoms with Crippen molar-refractivity contribution in [1.29, 1.82) is 0 Å². The van der Waals surface area contributed by atoms with Crippen LogP contribution < -0.4 is 10.6 Å². The zero-order valence-corrected chi connectivity index (χ0v) is 30.4. The lowest BCUT2D eigenvalue weighted by molar-refractivity contribution is -0.705. The molecule has 1 saturated heterocycles. The number of hydrogen-bond donors (Lipinski definition) is 4. The Kier molecular flexibility index (Phi) is 15.3. The summed E-state index contributed by atoms with van der Waals surface area (Å²) in [5.41, 5.74) is 0. The average molecular weight is 670 g/mol. The van der Waals surface area contributed by atoms with Crippen molar-refractivity contribution in [2.75, 3.05) is 26.8 Å². The molecule has 0 radical (unpaired) electrons. The molecule has 0 aromatic carbocycles. The fourth-order valence-corrected chi connectivity index (χ4v) is 10.8. The number of rotatable bonds is 11. The number of nitrogens with two attached hydrogens (primary N) is 1. The van der Waals surface area contributed by atoms with E-state index in [0.29, 0.717) is 42.7 Å². The number of carbonyl (C=O) groups is 2. The molecule has 5 aliphatic rings. The van der Waals surface area contributed by atoms with Crippen molar-refractivity contribution < 1.29 is 29.9 Å². The second kappa shape index (κ2) is 19.3. The van der Waals surface area contributed by atoms with E-state index in [1.165, 1.54) is 70.6 Å². The molecule has 0 amide bonds. The number of piperidine rings is 1. The van der Waals surface area contributed by atoms with Crippen molar-refractivity contribution in [3.63, 3.8) is 0 Å². The number of hydrogen-bond acceptors (Lipinski definition) is 6. The van der Waals surface area contributed by atoms with E-state index in [9.17, 15) is 19.8 Å². The molecule has 0 aromatic heterocycles. The summed E-state index contributed by atoms with van der Waals surface area (Å²) in [6, 6.07) is 0. The highest BCUT2D eigenvalue weighted by molar-refractivity contribution is 6.00. The molecule has 0 spiro atoms. The quantitative estimate of drug-likeness (QED) is 0.133. The fraction of sp³-hybridized carbons (Fsp3) is 0.902. The van der Waals surface area contributed by atoms with Gasteiger partial charge in [-0.15, -0.1) is 0 Å². The van der Waals surface area contributed by atoms with Crippen LogP contribution in [0.5, 0.6) is 0 Å². The third-order valence-corrected chi connectivity index (χ3v) is 13.3. The Balaban J connectivity index is 1.44. The molecule has 6 unspecified atom stereocenters. The largest absolute Gasteiger partial charge is 0.396 e. The first-order valence-electron chi connectivity index (χ1n) is 20.3. The van der Waals surface area contributed by atoms with Gasteiger partial charge in [-0.05, 0) is 106 Å². The molecular formula is C41H69N2O5+. The average Bonchev–Trinajstić information content (AvgIpc) is 3.26. The van der Waals surface area contributed by atoms with Gasteiger partial charge < -0.3 is 20.3 Å². The molecule has 5 N–H and O–H groups in total. The molecule has 0 aromatic rings. The number of quaternary nitrogens is 1. The summed E-state index contributed by atoms with van der Waals surface area (Å²) in [4.78, 5) is 27.6. The molecule has 4 fully saturated rings. The lowest BCUT2D eigenvalue weighted by Gasteiger charge is -2.44. The number of aliphatic hydroxyl groups excluding tert-OH is 2. The van der Waals surface area contributed by atoms with E-state index in [-0.39, 0.29) is 60.3 Å². The van der Waals surface area contributed by atoms with Crippen LogP contribution in [0.4, 0.5) is 0 Å². The third kappa shape index (κ3) is 10.6. The molecule has 7 nitrogen and oxygen atoms in total. The minimum absolute atomic E-state index is 0.0137. The Morgan fingerprint density at radius 3 is 2.50 bits per heavy atom. The Morgan fingerprint density at radius 2 is 1.73 bits per heavy atom. The zero-order chi connectivity index (χ0) is 33.9. The van der Waals surface area contributed by atoms with Gasteiger partial charge in [-0.25, -0.2) is 0 Å². The second-order valence-electron chi connectivity index (χ2n) is 16.8. The van der Waals surface area contributed by atoms with Crippen molar-refractivity contribution in [2.45, 2.75) is 154 Å². The molecule has 11 atom stereocenters. The molecule has 1 heterocycles. The van der Waals surface area contributed by atoms with Crippen LogP contribution in [0.15, 0.2) is 0 Å². The monoisotopic (exact) mass is 670 g/mol. The lowest BCUT2D eigenvalue weighted by atomic mass is 9.63. The van der Waals surface area contributed by atoms with Crippen molar-refractivity contribution in [3.05, 3.63) is 0 Å². The van der Waals surface area contributed by atoms with E-state index < -0.39 is 6.10 Å². The van der Waals surface area contributed by atoms with Gasteiger partial charge in [-0.3, -0.25) is 14.9 Å². The highest BCUT2D eigenvalue weighted by Crippen LogP contribution is 2.46. The minimum Gasteiger partial charge on any atom is -0.396 e. The highest BCUT2D eigenvalue weighted by Gasteiger charge is 2.44. The Morgan fingerprint density at radius 1 is 0.896 bits per heavy atom. The number of Topliss-reactive ketones (excluding diaryl/α,β-unsaturated/α-hetero) is 2.